The topological polar surface area (TPSA) is 117 Å². The van der Waals surface area contributed by atoms with Gasteiger partial charge in [-0.2, -0.15) is 0 Å². The largest absolute Gasteiger partial charge is 0.493 e. The zero-order valence-corrected chi connectivity index (χ0v) is 18.0. The summed E-state index contributed by atoms with van der Waals surface area (Å²) in [5, 5.41) is 23.7. The van der Waals surface area contributed by atoms with E-state index < -0.39 is 16.1 Å². The molecule has 0 aliphatic carbocycles. The molecule has 0 amide bonds. The van der Waals surface area contributed by atoms with Gasteiger partial charge in [-0.15, -0.1) is 6.58 Å². The summed E-state index contributed by atoms with van der Waals surface area (Å²) in [5.41, 5.74) is -0.791. The van der Waals surface area contributed by atoms with Gasteiger partial charge in [-0.3, -0.25) is 20.2 Å². The van der Waals surface area contributed by atoms with Gasteiger partial charge in [0.25, 0.3) is 0 Å². The highest BCUT2D eigenvalue weighted by Crippen LogP contribution is 2.41. The number of ether oxygens (including phenoxy) is 3. The molecule has 0 spiro atoms. The first-order valence-electron chi connectivity index (χ1n) is 10.7. The normalized spacial score (nSPS) is 13.8. The molecule has 0 bridgehead atoms. The summed E-state index contributed by atoms with van der Waals surface area (Å²) in [7, 11) is 0. The van der Waals surface area contributed by atoms with Gasteiger partial charge in [0.1, 0.15) is 5.75 Å². The minimum absolute atomic E-state index is 0.0588. The van der Waals surface area contributed by atoms with Crippen molar-refractivity contribution in [3.8, 4) is 5.75 Å². The zero-order valence-electron chi connectivity index (χ0n) is 18.0. The lowest BCUT2D eigenvalue weighted by molar-refractivity contribution is -0.392. The van der Waals surface area contributed by atoms with Crippen LogP contribution in [0.25, 0.3) is 0 Å². The number of unbranched alkanes of at least 4 members (excludes halogenated alkanes) is 4. The fourth-order valence-corrected chi connectivity index (χ4v) is 3.40. The molecule has 1 aliphatic heterocycles. The number of benzene rings is 1. The van der Waals surface area contributed by atoms with Crippen LogP contribution in [0.2, 0.25) is 0 Å². The van der Waals surface area contributed by atoms with Gasteiger partial charge >= 0.3 is 11.4 Å². The van der Waals surface area contributed by atoms with Crippen LogP contribution in [-0.2, 0) is 9.47 Å². The summed E-state index contributed by atoms with van der Waals surface area (Å²) in [5.74, 6) is 0.123. The van der Waals surface area contributed by atoms with E-state index in [1.54, 1.807) is 11.0 Å². The molecule has 0 aromatic heterocycles. The predicted molar refractivity (Wildman–Crippen MR) is 117 cm³/mol. The molecule has 10 heteroatoms. The Hall–Kier alpha value is -2.72. The molecule has 0 N–H and O–H groups in total. The van der Waals surface area contributed by atoms with Crippen LogP contribution in [0, 0.1) is 20.2 Å². The van der Waals surface area contributed by atoms with Crippen molar-refractivity contribution in [3.63, 3.8) is 0 Å². The van der Waals surface area contributed by atoms with Crippen LogP contribution in [0.15, 0.2) is 24.8 Å². The highest BCUT2D eigenvalue weighted by molar-refractivity contribution is 5.77. The third-order valence-electron chi connectivity index (χ3n) is 4.92. The Bertz CT molecular complexity index is 715. The van der Waals surface area contributed by atoms with Gasteiger partial charge in [0.2, 0.25) is 0 Å². The maximum absolute atomic E-state index is 11.9. The van der Waals surface area contributed by atoms with E-state index >= 15 is 0 Å². The summed E-state index contributed by atoms with van der Waals surface area (Å²) in [6.07, 6.45) is 6.31. The lowest BCUT2D eigenvalue weighted by atomic mass is 10.1. The molecule has 10 nitrogen and oxygen atoms in total. The first-order valence-corrected chi connectivity index (χ1v) is 10.7. The quantitative estimate of drug-likeness (QED) is 0.169. The molecule has 0 unspecified atom stereocenters. The average molecular weight is 437 g/mol. The lowest BCUT2D eigenvalue weighted by Gasteiger charge is -2.26. The second-order valence-corrected chi connectivity index (χ2v) is 7.28. The Labute approximate surface area is 182 Å². The van der Waals surface area contributed by atoms with E-state index in [1.165, 1.54) is 12.1 Å². The molecular weight excluding hydrogens is 406 g/mol. The number of nitro benzene ring substituents is 2. The highest BCUT2D eigenvalue weighted by atomic mass is 16.7. The number of rotatable bonds is 15. The second kappa shape index (κ2) is 12.9. The van der Waals surface area contributed by atoms with E-state index in [0.717, 1.165) is 25.7 Å². The fraction of sp³-hybridized carbons (Fsp3) is 0.619. The Balaban J connectivity index is 2.36. The molecule has 31 heavy (non-hydrogen) atoms. The third-order valence-corrected chi connectivity index (χ3v) is 4.92. The Morgan fingerprint density at radius 1 is 1.13 bits per heavy atom. The lowest BCUT2D eigenvalue weighted by Crippen LogP contribution is -2.34. The summed E-state index contributed by atoms with van der Waals surface area (Å²) in [6, 6.07) is 2.53. The summed E-state index contributed by atoms with van der Waals surface area (Å²) in [6.45, 7) is 7.46. The highest BCUT2D eigenvalue weighted by Gasteiger charge is 2.33. The van der Waals surface area contributed by atoms with Gasteiger partial charge in [-0.05, 0) is 19.3 Å². The smallest absolute Gasteiger partial charge is 0.303 e. The van der Waals surface area contributed by atoms with Crippen LogP contribution in [0.3, 0.4) is 0 Å². The van der Waals surface area contributed by atoms with Crippen molar-refractivity contribution >= 4 is 17.1 Å². The van der Waals surface area contributed by atoms with Gasteiger partial charge < -0.3 is 19.1 Å². The number of nitrogens with zero attached hydrogens (tertiary/aromatic N) is 3. The molecular formula is C21H31N3O7. The van der Waals surface area contributed by atoms with E-state index in [9.17, 15) is 20.2 Å². The van der Waals surface area contributed by atoms with Crippen molar-refractivity contribution in [2.24, 2.45) is 0 Å². The van der Waals surface area contributed by atoms with Gasteiger partial charge in [0.05, 0.1) is 48.3 Å². The number of hydrogen-bond donors (Lipinski definition) is 0. The van der Waals surface area contributed by atoms with Crippen LogP contribution < -0.4 is 9.64 Å². The van der Waals surface area contributed by atoms with E-state index in [2.05, 4.69) is 13.5 Å². The van der Waals surface area contributed by atoms with Crippen molar-refractivity contribution in [1.29, 1.82) is 0 Å². The van der Waals surface area contributed by atoms with E-state index in [4.69, 9.17) is 14.2 Å². The van der Waals surface area contributed by atoms with Crippen LogP contribution in [0.1, 0.15) is 45.4 Å². The first kappa shape index (κ1) is 24.5. The molecule has 1 aromatic rings. The van der Waals surface area contributed by atoms with Crippen molar-refractivity contribution in [3.05, 3.63) is 45.0 Å². The maximum atomic E-state index is 11.9. The Kier molecular flexibility index (Phi) is 10.2. The third kappa shape index (κ3) is 7.48. The number of hydrogen-bond acceptors (Lipinski definition) is 8. The average Bonchev–Trinajstić information content (AvgIpc) is 3.25. The van der Waals surface area contributed by atoms with Crippen LogP contribution in [0.4, 0.5) is 17.1 Å². The molecule has 2 rings (SSSR count). The fourth-order valence-electron chi connectivity index (χ4n) is 3.40. The minimum atomic E-state index is -0.608. The molecule has 1 fully saturated rings. The standard InChI is InChI=1S/C21H31N3O7/c1-3-5-7-9-11-29-17-14-18(23(25)26)21(19(15-17)24(27)28)22(10-8-6-4-2)16-20-30-12-13-31-20/h4,14-15,20H,2-3,5-13,16H2,1H3. The van der Waals surface area contributed by atoms with E-state index in [-0.39, 0.29) is 29.4 Å². The van der Waals surface area contributed by atoms with Crippen molar-refractivity contribution in [2.75, 3.05) is 37.8 Å². The molecule has 172 valence electrons. The summed E-state index contributed by atoms with van der Waals surface area (Å²) >= 11 is 0. The minimum Gasteiger partial charge on any atom is -0.493 e. The molecule has 0 atom stereocenters. The SMILES string of the molecule is C=CCCCN(CC1OCCO1)c1c([N+](=O)[O-])cc(OCCCCCC)cc1[N+](=O)[O-]. The van der Waals surface area contributed by atoms with Crippen molar-refractivity contribution in [2.45, 2.75) is 51.7 Å². The van der Waals surface area contributed by atoms with Gasteiger partial charge in [-0.25, -0.2) is 0 Å². The second-order valence-electron chi connectivity index (χ2n) is 7.28. The van der Waals surface area contributed by atoms with E-state index in [1.807, 2.05) is 0 Å². The molecule has 0 saturated carbocycles. The van der Waals surface area contributed by atoms with Crippen molar-refractivity contribution in [1.82, 2.24) is 0 Å². The van der Waals surface area contributed by atoms with Gasteiger partial charge in [-0.1, -0.05) is 32.3 Å². The molecule has 1 aliphatic rings. The molecule has 1 heterocycles. The van der Waals surface area contributed by atoms with Crippen LogP contribution >= 0.6 is 0 Å². The Morgan fingerprint density at radius 3 is 2.32 bits per heavy atom. The predicted octanol–water partition coefficient (Wildman–Crippen LogP) is 4.61. The van der Waals surface area contributed by atoms with Gasteiger partial charge in [0.15, 0.2) is 12.0 Å². The molecule has 1 aromatic carbocycles. The molecule has 1 saturated heterocycles. The van der Waals surface area contributed by atoms with Crippen LogP contribution in [0.5, 0.6) is 5.75 Å². The molecule has 0 radical (unpaired) electrons. The maximum Gasteiger partial charge on any atom is 0.303 e. The number of anilines is 1. The van der Waals surface area contributed by atoms with Gasteiger partial charge in [0, 0.05) is 6.54 Å². The van der Waals surface area contributed by atoms with E-state index in [0.29, 0.717) is 39.2 Å². The summed E-state index contributed by atoms with van der Waals surface area (Å²) in [4.78, 5) is 24.1. The van der Waals surface area contributed by atoms with Crippen LogP contribution in [-0.4, -0.2) is 49.0 Å². The van der Waals surface area contributed by atoms with Crippen molar-refractivity contribution < 1.29 is 24.1 Å². The first-order chi connectivity index (χ1) is 15.0. The Morgan fingerprint density at radius 2 is 1.77 bits per heavy atom. The monoisotopic (exact) mass is 437 g/mol. The zero-order chi connectivity index (χ0) is 22.6. The summed E-state index contributed by atoms with van der Waals surface area (Å²) < 4.78 is 16.6. The number of allylic oxidation sites excluding steroid dienone is 1. The number of nitro groups is 2.